The molecule has 21 heavy (non-hydrogen) atoms. The van der Waals surface area contributed by atoms with Crippen LogP contribution in [-0.4, -0.2) is 14.8 Å². The number of halogens is 2. The third-order valence-corrected chi connectivity index (χ3v) is 3.93. The summed E-state index contributed by atoms with van der Waals surface area (Å²) in [5.41, 5.74) is 7.74. The zero-order valence-corrected chi connectivity index (χ0v) is 13.0. The molecule has 3 N–H and O–H groups in total. The molecule has 2 aromatic carbocycles. The van der Waals surface area contributed by atoms with Crippen LogP contribution in [0.15, 0.2) is 42.5 Å². The number of anilines is 1. The van der Waals surface area contributed by atoms with Gasteiger partial charge >= 0.3 is 0 Å². The first-order chi connectivity index (χ1) is 10.1. The highest BCUT2D eigenvalue weighted by molar-refractivity contribution is 7.71. The molecule has 0 atom stereocenters. The normalized spacial score (nSPS) is 10.8. The van der Waals surface area contributed by atoms with Crippen LogP contribution >= 0.6 is 35.4 Å². The van der Waals surface area contributed by atoms with Crippen LogP contribution in [0.4, 0.5) is 5.69 Å². The lowest BCUT2D eigenvalue weighted by molar-refractivity contribution is 1.04. The van der Waals surface area contributed by atoms with E-state index in [9.17, 15) is 0 Å². The fraction of sp³-hybridized carbons (Fsp3) is 0. The Hall–Kier alpha value is -1.82. The van der Waals surface area contributed by atoms with Gasteiger partial charge in [0, 0.05) is 5.56 Å². The summed E-state index contributed by atoms with van der Waals surface area (Å²) >= 11 is 17.5. The summed E-state index contributed by atoms with van der Waals surface area (Å²) in [4.78, 5) is 0. The molecule has 1 heterocycles. The summed E-state index contributed by atoms with van der Waals surface area (Å²) < 4.78 is 2.22. The maximum Gasteiger partial charge on any atom is 0.200 e. The maximum absolute atomic E-state index is 6.10. The molecule has 0 spiro atoms. The van der Waals surface area contributed by atoms with Crippen molar-refractivity contribution in [1.82, 2.24) is 14.8 Å². The van der Waals surface area contributed by atoms with Crippen LogP contribution in [0.3, 0.4) is 0 Å². The highest BCUT2D eigenvalue weighted by Crippen LogP contribution is 2.32. The molecule has 1 aromatic heterocycles. The zero-order valence-electron chi connectivity index (χ0n) is 10.7. The SMILES string of the molecule is Nc1c(Cl)cc(-n2c(-c3ccccc3)n[nH]c2=S)cc1Cl. The van der Waals surface area contributed by atoms with E-state index in [0.717, 1.165) is 5.56 Å². The monoisotopic (exact) mass is 336 g/mol. The van der Waals surface area contributed by atoms with Gasteiger partial charge in [-0.2, -0.15) is 5.10 Å². The molecule has 7 heteroatoms. The van der Waals surface area contributed by atoms with Crippen molar-refractivity contribution in [1.29, 1.82) is 0 Å². The number of aromatic amines is 1. The van der Waals surface area contributed by atoms with Crippen molar-refractivity contribution in [2.45, 2.75) is 0 Å². The molecule has 3 aromatic rings. The summed E-state index contributed by atoms with van der Waals surface area (Å²) in [5.74, 6) is 0.678. The molecule has 0 saturated heterocycles. The minimum Gasteiger partial charge on any atom is -0.396 e. The van der Waals surface area contributed by atoms with E-state index < -0.39 is 0 Å². The molecule has 0 radical (unpaired) electrons. The van der Waals surface area contributed by atoms with Crippen molar-refractivity contribution in [3.8, 4) is 17.1 Å². The van der Waals surface area contributed by atoms with E-state index in [1.54, 1.807) is 16.7 Å². The number of nitrogens with zero attached hydrogens (tertiary/aromatic N) is 2. The van der Waals surface area contributed by atoms with Gasteiger partial charge < -0.3 is 5.73 Å². The van der Waals surface area contributed by atoms with Gasteiger partial charge in [0.1, 0.15) is 0 Å². The molecule has 0 unspecified atom stereocenters. The molecule has 0 aliphatic carbocycles. The predicted octanol–water partition coefficient (Wildman–Crippen LogP) is 4.49. The van der Waals surface area contributed by atoms with Crippen molar-refractivity contribution < 1.29 is 0 Å². The van der Waals surface area contributed by atoms with Crippen LogP contribution in [0, 0.1) is 4.77 Å². The van der Waals surface area contributed by atoms with E-state index in [0.29, 0.717) is 32.0 Å². The molecular formula is C14H10Cl2N4S. The van der Waals surface area contributed by atoms with Crippen LogP contribution in [0.5, 0.6) is 0 Å². The third-order valence-electron chi connectivity index (χ3n) is 3.03. The second-order valence-electron chi connectivity index (χ2n) is 4.38. The van der Waals surface area contributed by atoms with Gasteiger partial charge in [0.05, 0.1) is 21.4 Å². The molecule has 0 bridgehead atoms. The molecule has 106 valence electrons. The van der Waals surface area contributed by atoms with E-state index >= 15 is 0 Å². The topological polar surface area (TPSA) is 59.6 Å². The summed E-state index contributed by atoms with van der Waals surface area (Å²) in [6, 6.07) is 13.1. The summed E-state index contributed by atoms with van der Waals surface area (Å²) in [7, 11) is 0. The Morgan fingerprint density at radius 1 is 1.10 bits per heavy atom. The highest BCUT2D eigenvalue weighted by Gasteiger charge is 2.13. The number of nitrogen functional groups attached to an aromatic ring is 1. The van der Waals surface area contributed by atoms with Gasteiger partial charge in [-0.25, -0.2) is 0 Å². The van der Waals surface area contributed by atoms with Gasteiger partial charge in [-0.3, -0.25) is 9.67 Å². The Morgan fingerprint density at radius 2 is 1.71 bits per heavy atom. The average molecular weight is 337 g/mol. The average Bonchev–Trinajstić information content (AvgIpc) is 2.87. The van der Waals surface area contributed by atoms with Crippen LogP contribution in [0.2, 0.25) is 10.0 Å². The maximum atomic E-state index is 6.10. The van der Waals surface area contributed by atoms with Gasteiger partial charge in [-0.15, -0.1) is 0 Å². The smallest absolute Gasteiger partial charge is 0.200 e. The second kappa shape index (κ2) is 5.52. The number of H-pyrrole nitrogens is 1. The fourth-order valence-corrected chi connectivity index (χ4v) is 2.73. The Kier molecular flexibility index (Phi) is 3.71. The third kappa shape index (κ3) is 2.55. The summed E-state index contributed by atoms with van der Waals surface area (Å²) in [5, 5.41) is 7.81. The van der Waals surface area contributed by atoms with E-state index in [1.807, 2.05) is 30.3 Å². The molecular weight excluding hydrogens is 327 g/mol. The molecule has 4 nitrogen and oxygen atoms in total. The molecule has 0 aliphatic rings. The highest BCUT2D eigenvalue weighted by atomic mass is 35.5. The standard InChI is InChI=1S/C14H10Cl2N4S/c15-10-6-9(7-11(16)12(10)17)20-13(18-19-14(20)21)8-4-2-1-3-5-8/h1-7H,17H2,(H,19,21). The lowest BCUT2D eigenvalue weighted by Gasteiger charge is -2.10. The number of rotatable bonds is 2. The first kappa shape index (κ1) is 14.1. The van der Waals surface area contributed by atoms with E-state index in [2.05, 4.69) is 10.2 Å². The molecule has 3 rings (SSSR count). The largest absolute Gasteiger partial charge is 0.396 e. The van der Waals surface area contributed by atoms with Crippen LogP contribution in [0.25, 0.3) is 17.1 Å². The quantitative estimate of drug-likeness (QED) is 0.535. The number of nitrogens with two attached hydrogens (primary N) is 1. The minimum absolute atomic E-state index is 0.346. The van der Waals surface area contributed by atoms with Gasteiger partial charge in [0.15, 0.2) is 10.6 Å². The zero-order chi connectivity index (χ0) is 15.0. The van der Waals surface area contributed by atoms with Crippen LogP contribution < -0.4 is 5.73 Å². The lowest BCUT2D eigenvalue weighted by Crippen LogP contribution is -1.99. The van der Waals surface area contributed by atoms with Gasteiger partial charge in [-0.1, -0.05) is 53.5 Å². The molecule has 0 fully saturated rings. The number of hydrogen-bond donors (Lipinski definition) is 2. The van der Waals surface area contributed by atoms with Gasteiger partial charge in [0.2, 0.25) is 0 Å². The van der Waals surface area contributed by atoms with Crippen molar-refractivity contribution in [2.75, 3.05) is 5.73 Å². The van der Waals surface area contributed by atoms with Crippen LogP contribution in [0.1, 0.15) is 0 Å². The minimum atomic E-state index is 0.346. The Bertz CT molecular complexity index is 832. The van der Waals surface area contributed by atoms with Crippen molar-refractivity contribution in [2.24, 2.45) is 0 Å². The Balaban J connectivity index is 2.25. The van der Waals surface area contributed by atoms with Crippen molar-refractivity contribution in [3.63, 3.8) is 0 Å². The fourth-order valence-electron chi connectivity index (χ4n) is 2.02. The first-order valence-corrected chi connectivity index (χ1v) is 7.22. The summed E-state index contributed by atoms with van der Waals surface area (Å²) in [6.07, 6.45) is 0. The first-order valence-electron chi connectivity index (χ1n) is 6.05. The number of nitrogens with one attached hydrogen (secondary N) is 1. The van der Waals surface area contributed by atoms with Crippen molar-refractivity contribution in [3.05, 3.63) is 57.3 Å². The second-order valence-corrected chi connectivity index (χ2v) is 5.58. The van der Waals surface area contributed by atoms with Gasteiger partial charge in [-0.05, 0) is 24.4 Å². The number of hydrogen-bond acceptors (Lipinski definition) is 3. The van der Waals surface area contributed by atoms with Crippen LogP contribution in [-0.2, 0) is 0 Å². The predicted molar refractivity (Wildman–Crippen MR) is 88.6 cm³/mol. The molecule has 0 aliphatic heterocycles. The van der Waals surface area contributed by atoms with E-state index in [-0.39, 0.29) is 0 Å². The Morgan fingerprint density at radius 3 is 2.33 bits per heavy atom. The van der Waals surface area contributed by atoms with Gasteiger partial charge in [0.25, 0.3) is 0 Å². The van der Waals surface area contributed by atoms with E-state index in [4.69, 9.17) is 41.2 Å². The number of aromatic nitrogens is 3. The molecule has 0 amide bonds. The molecule has 0 saturated carbocycles. The lowest BCUT2D eigenvalue weighted by atomic mass is 10.2. The van der Waals surface area contributed by atoms with E-state index in [1.165, 1.54) is 0 Å². The summed E-state index contributed by atoms with van der Waals surface area (Å²) in [6.45, 7) is 0. The number of benzene rings is 2. The Labute approximate surface area is 136 Å². The van der Waals surface area contributed by atoms with Crippen molar-refractivity contribution >= 4 is 41.1 Å².